The molecule has 3 aromatic heterocycles. The van der Waals surface area contributed by atoms with Gasteiger partial charge in [-0.15, -0.1) is 0 Å². The van der Waals surface area contributed by atoms with Gasteiger partial charge in [-0.25, -0.2) is 4.98 Å². The Kier molecular flexibility index (Phi) is 7.49. The quantitative estimate of drug-likeness (QED) is 0.176. The number of rotatable bonds is 4. The van der Waals surface area contributed by atoms with Gasteiger partial charge in [-0.3, -0.25) is 0 Å². The fourth-order valence-corrected chi connectivity index (χ4v) is 7.21. The van der Waals surface area contributed by atoms with Crippen LogP contribution in [-0.4, -0.2) is 20.1 Å². The zero-order valence-electron chi connectivity index (χ0n) is 28.3. The van der Waals surface area contributed by atoms with Gasteiger partial charge in [-0.05, 0) is 78.6 Å². The lowest BCUT2D eigenvalue weighted by molar-refractivity contribution is -0.00784. The molecule has 0 radical (unpaired) electrons. The zero-order chi connectivity index (χ0) is 34.5. The van der Waals surface area contributed by atoms with Crippen LogP contribution >= 0.6 is 0 Å². The molecule has 5 nitrogen and oxygen atoms in total. The minimum Gasteiger partial charge on any atom is -0.460 e. The molecule has 1 atom stereocenters. The van der Waals surface area contributed by atoms with E-state index in [-0.39, 0.29) is 0 Å². The van der Waals surface area contributed by atoms with E-state index in [4.69, 9.17) is 9.72 Å². The Morgan fingerprint density at radius 3 is 1.39 bits per heavy atom. The second kappa shape index (κ2) is 12.5. The summed E-state index contributed by atoms with van der Waals surface area (Å²) in [7, 11) is 0. The van der Waals surface area contributed by atoms with Crippen LogP contribution in [0, 0.1) is 13.8 Å². The van der Waals surface area contributed by atoms with Crippen LogP contribution < -0.4 is 4.74 Å². The molecule has 0 spiro atoms. The number of nitrogens with zero attached hydrogens (tertiary/aromatic N) is 1. The van der Waals surface area contributed by atoms with Gasteiger partial charge in [-0.1, -0.05) is 120 Å². The van der Waals surface area contributed by atoms with Crippen LogP contribution in [-0.2, 0) is 0 Å². The van der Waals surface area contributed by atoms with Crippen molar-refractivity contribution < 1.29 is 9.84 Å². The molecule has 1 unspecified atom stereocenters. The maximum Gasteiger partial charge on any atom is 0.225 e. The monoisotopic (exact) mass is 661 g/mol. The van der Waals surface area contributed by atoms with Gasteiger partial charge in [0.2, 0.25) is 6.29 Å². The standard InChI is InChI=1S/C46H35N3O2/c1-28-13-17-32(18-14-28)43-36-22-21-35(47-36)42(30-9-5-3-6-10-30)34-27-41(51-46(34)50)45(31-11-7-4-8-12-31)40-26-25-39(49-40)44(38-24-23-37(43)48-38)33-19-15-29(2)16-20-33/h3-27,46-47,49-50H,1-2H3. The molecule has 5 heterocycles. The lowest BCUT2D eigenvalue weighted by Gasteiger charge is -2.11. The van der Waals surface area contributed by atoms with Gasteiger partial charge in [0.15, 0.2) is 0 Å². The summed E-state index contributed by atoms with van der Waals surface area (Å²) in [5, 5.41) is 11.7. The molecule has 0 saturated carbocycles. The predicted octanol–water partition coefficient (Wildman–Crippen LogP) is 11.4. The van der Waals surface area contributed by atoms with Crippen molar-refractivity contribution in [3.8, 4) is 50.3 Å². The van der Waals surface area contributed by atoms with Crippen molar-refractivity contribution >= 4 is 34.2 Å². The molecule has 246 valence electrons. The molecule has 9 rings (SSSR count). The molecule has 2 aliphatic heterocycles. The molecule has 8 bridgehead atoms. The number of hydrogen-bond acceptors (Lipinski definition) is 3. The highest BCUT2D eigenvalue weighted by atomic mass is 16.6. The molecular formula is C46H35N3O2. The average molecular weight is 662 g/mol. The van der Waals surface area contributed by atoms with Gasteiger partial charge in [-0.2, -0.15) is 0 Å². The second-order valence-corrected chi connectivity index (χ2v) is 13.2. The third kappa shape index (κ3) is 5.54. The van der Waals surface area contributed by atoms with Gasteiger partial charge in [0, 0.05) is 44.4 Å². The first kappa shape index (κ1) is 30.6. The minimum atomic E-state index is -1.18. The van der Waals surface area contributed by atoms with E-state index in [0.717, 1.165) is 78.0 Å². The number of H-pyrrole nitrogens is 2. The van der Waals surface area contributed by atoms with Crippen molar-refractivity contribution in [1.29, 1.82) is 0 Å². The summed E-state index contributed by atoms with van der Waals surface area (Å²) in [6.07, 6.45) is 3.05. The molecule has 0 fully saturated rings. The Bertz CT molecular complexity index is 2620. The average Bonchev–Trinajstić information content (AvgIpc) is 3.98. The van der Waals surface area contributed by atoms with Gasteiger partial charge < -0.3 is 19.8 Å². The van der Waals surface area contributed by atoms with Gasteiger partial charge in [0.05, 0.1) is 16.9 Å². The number of aryl methyl sites for hydroxylation is 2. The van der Waals surface area contributed by atoms with Gasteiger partial charge in [0.1, 0.15) is 5.75 Å². The molecule has 2 aliphatic rings. The zero-order valence-corrected chi connectivity index (χ0v) is 28.3. The van der Waals surface area contributed by atoms with E-state index in [1.807, 2.05) is 42.5 Å². The molecule has 5 heteroatoms. The summed E-state index contributed by atoms with van der Waals surface area (Å²) >= 11 is 0. The Morgan fingerprint density at radius 2 is 0.902 bits per heavy atom. The number of hydrogen-bond donors (Lipinski definition) is 3. The number of nitrogens with one attached hydrogen (secondary N) is 2. The first-order valence-electron chi connectivity index (χ1n) is 17.2. The molecule has 4 aromatic carbocycles. The number of benzene rings is 4. The van der Waals surface area contributed by atoms with Crippen LogP contribution in [0.4, 0.5) is 0 Å². The van der Waals surface area contributed by atoms with Gasteiger partial charge >= 0.3 is 0 Å². The van der Waals surface area contributed by atoms with Crippen LogP contribution in [0.5, 0.6) is 5.75 Å². The van der Waals surface area contributed by atoms with Gasteiger partial charge in [0.25, 0.3) is 0 Å². The van der Waals surface area contributed by atoms with Crippen molar-refractivity contribution in [3.63, 3.8) is 0 Å². The number of aromatic nitrogens is 3. The first-order chi connectivity index (χ1) is 25.0. The molecule has 7 aromatic rings. The van der Waals surface area contributed by atoms with Crippen molar-refractivity contribution in [1.82, 2.24) is 15.0 Å². The largest absolute Gasteiger partial charge is 0.460 e. The van der Waals surface area contributed by atoms with Crippen LogP contribution in [0.1, 0.15) is 34.4 Å². The highest BCUT2D eigenvalue weighted by molar-refractivity contribution is 5.98. The van der Waals surface area contributed by atoms with Crippen molar-refractivity contribution in [3.05, 3.63) is 168 Å². The van der Waals surface area contributed by atoms with E-state index in [9.17, 15) is 5.11 Å². The third-order valence-corrected chi connectivity index (χ3v) is 9.73. The molecule has 0 amide bonds. The third-order valence-electron chi connectivity index (χ3n) is 9.73. The fraction of sp³-hybridized carbons (Fsp3) is 0.0652. The minimum absolute atomic E-state index is 0.585. The lowest BCUT2D eigenvalue weighted by atomic mass is 10.00. The second-order valence-electron chi connectivity index (χ2n) is 13.2. The number of fused-ring (bicyclic) bond motifs is 8. The SMILES string of the molecule is Cc1ccc(-c2c3nc(c(-c4ccc(C)cc4)c4ccc([nH]4)c(-c4ccccc4)c4cc(c(-c5ccccc5)c5ccc2[nH]5)OC4O)C=C3)cc1. The fourth-order valence-electron chi connectivity index (χ4n) is 7.21. The van der Waals surface area contributed by atoms with E-state index in [1.165, 1.54) is 11.1 Å². The van der Waals surface area contributed by atoms with E-state index < -0.39 is 6.29 Å². The Morgan fingerprint density at radius 1 is 0.490 bits per heavy atom. The Labute approximate surface area is 296 Å². The molecule has 0 aliphatic carbocycles. The highest BCUT2D eigenvalue weighted by Gasteiger charge is 2.26. The smallest absolute Gasteiger partial charge is 0.225 e. The summed E-state index contributed by atoms with van der Waals surface area (Å²) < 4.78 is 6.40. The van der Waals surface area contributed by atoms with Crippen LogP contribution in [0.3, 0.4) is 0 Å². The van der Waals surface area contributed by atoms with E-state index in [1.54, 1.807) is 0 Å². The molecule has 51 heavy (non-hydrogen) atoms. The van der Waals surface area contributed by atoms with E-state index in [2.05, 4.69) is 133 Å². The molecule has 3 N–H and O–H groups in total. The Hall–Kier alpha value is -6.43. The van der Waals surface area contributed by atoms with Crippen LogP contribution in [0.2, 0.25) is 0 Å². The summed E-state index contributed by atoms with van der Waals surface area (Å²) in [5.74, 6) is 0.585. The number of aromatic amines is 2. The highest BCUT2D eigenvalue weighted by Crippen LogP contribution is 2.44. The summed E-state index contributed by atoms with van der Waals surface area (Å²) in [4.78, 5) is 12.9. The van der Waals surface area contributed by atoms with Crippen LogP contribution in [0.25, 0.3) is 78.7 Å². The van der Waals surface area contributed by atoms with E-state index in [0.29, 0.717) is 11.3 Å². The Balaban J connectivity index is 1.48. The van der Waals surface area contributed by atoms with E-state index >= 15 is 0 Å². The summed E-state index contributed by atoms with van der Waals surface area (Å²) in [5.41, 5.74) is 16.1. The van der Waals surface area contributed by atoms with Crippen molar-refractivity contribution in [2.75, 3.05) is 0 Å². The molecule has 0 saturated heterocycles. The number of aliphatic hydroxyl groups is 1. The summed E-state index contributed by atoms with van der Waals surface area (Å²) in [6, 6.07) is 47.9. The maximum absolute atomic E-state index is 11.7. The van der Waals surface area contributed by atoms with Crippen molar-refractivity contribution in [2.24, 2.45) is 0 Å². The number of ether oxygens (including phenoxy) is 1. The first-order valence-corrected chi connectivity index (χ1v) is 17.2. The summed E-state index contributed by atoms with van der Waals surface area (Å²) in [6.45, 7) is 4.20. The lowest BCUT2D eigenvalue weighted by Crippen LogP contribution is -2.02. The molecular weight excluding hydrogens is 627 g/mol. The normalized spacial score (nSPS) is 13.7. The number of aliphatic hydroxyl groups excluding tert-OH is 1. The van der Waals surface area contributed by atoms with Crippen molar-refractivity contribution in [2.45, 2.75) is 20.1 Å². The maximum atomic E-state index is 11.7. The van der Waals surface area contributed by atoms with Crippen LogP contribution in [0.15, 0.2) is 140 Å². The predicted molar refractivity (Wildman–Crippen MR) is 209 cm³/mol. The topological polar surface area (TPSA) is 73.9 Å².